The van der Waals surface area contributed by atoms with Crippen LogP contribution >= 0.6 is 0 Å². The fraction of sp³-hybridized carbons (Fsp3) is 0.833. The molecule has 9 heavy (non-hydrogen) atoms. The van der Waals surface area contributed by atoms with Crippen LogP contribution in [0.15, 0.2) is 5.16 Å². The van der Waals surface area contributed by atoms with Crippen LogP contribution in [-0.4, -0.2) is 23.6 Å². The van der Waals surface area contributed by atoms with Crippen molar-refractivity contribution >= 4 is 6.21 Å². The minimum absolute atomic E-state index is 0.0463. The first-order chi connectivity index (χ1) is 4.33. The predicted molar refractivity (Wildman–Crippen MR) is 33.8 cm³/mol. The van der Waals surface area contributed by atoms with E-state index in [9.17, 15) is 0 Å². The van der Waals surface area contributed by atoms with Crippen molar-refractivity contribution in [1.29, 1.82) is 0 Å². The number of rotatable bonds is 1. The first kappa shape index (κ1) is 6.55. The van der Waals surface area contributed by atoms with Crippen LogP contribution in [0.2, 0.25) is 0 Å². The standard InChI is InChI=1S/C6H11NO2/c1-5-2-3-6(9-5)4-7-8/h4-6,8H,2-3H2,1H3/b7-4+. The van der Waals surface area contributed by atoms with Gasteiger partial charge in [-0.05, 0) is 19.8 Å². The lowest BCUT2D eigenvalue weighted by Gasteiger charge is -2.02. The smallest absolute Gasteiger partial charge is 0.0963 e. The molecule has 1 rings (SSSR count). The molecule has 1 fully saturated rings. The molecule has 0 aromatic rings. The Morgan fingerprint density at radius 2 is 2.44 bits per heavy atom. The van der Waals surface area contributed by atoms with E-state index in [-0.39, 0.29) is 6.10 Å². The summed E-state index contributed by atoms with van der Waals surface area (Å²) in [5.41, 5.74) is 0. The Balaban J connectivity index is 2.30. The van der Waals surface area contributed by atoms with E-state index in [0.717, 1.165) is 12.8 Å². The molecule has 1 N–H and O–H groups in total. The monoisotopic (exact) mass is 129 g/mol. The van der Waals surface area contributed by atoms with Crippen LogP contribution in [0.4, 0.5) is 0 Å². The lowest BCUT2D eigenvalue weighted by atomic mass is 10.2. The summed E-state index contributed by atoms with van der Waals surface area (Å²) >= 11 is 0. The molecule has 3 heteroatoms. The largest absolute Gasteiger partial charge is 0.411 e. The molecule has 2 atom stereocenters. The van der Waals surface area contributed by atoms with Crippen molar-refractivity contribution in [2.75, 3.05) is 0 Å². The van der Waals surface area contributed by atoms with Crippen LogP contribution in [0, 0.1) is 0 Å². The van der Waals surface area contributed by atoms with E-state index >= 15 is 0 Å². The Kier molecular flexibility index (Phi) is 2.05. The minimum Gasteiger partial charge on any atom is -0.411 e. The molecule has 2 unspecified atom stereocenters. The summed E-state index contributed by atoms with van der Waals surface area (Å²) in [6.45, 7) is 2.02. The molecule has 0 spiro atoms. The highest BCUT2D eigenvalue weighted by atomic mass is 16.5. The van der Waals surface area contributed by atoms with Crippen LogP contribution in [0.3, 0.4) is 0 Å². The summed E-state index contributed by atoms with van der Waals surface area (Å²) < 4.78 is 5.29. The Morgan fingerprint density at radius 1 is 1.67 bits per heavy atom. The maximum atomic E-state index is 8.10. The SMILES string of the molecule is CC1CCC(/C=N/O)O1. The van der Waals surface area contributed by atoms with E-state index in [1.54, 1.807) is 0 Å². The summed E-state index contributed by atoms with van der Waals surface area (Å²) in [4.78, 5) is 0. The Hall–Kier alpha value is -0.570. The summed E-state index contributed by atoms with van der Waals surface area (Å²) in [5, 5.41) is 11.0. The van der Waals surface area contributed by atoms with Gasteiger partial charge in [-0.3, -0.25) is 0 Å². The van der Waals surface area contributed by atoms with Gasteiger partial charge in [-0.1, -0.05) is 5.16 Å². The second-order valence-corrected chi connectivity index (χ2v) is 2.33. The third-order valence-electron chi connectivity index (χ3n) is 1.50. The van der Waals surface area contributed by atoms with Gasteiger partial charge in [0.2, 0.25) is 0 Å². The van der Waals surface area contributed by atoms with Crippen LogP contribution in [0.5, 0.6) is 0 Å². The van der Waals surface area contributed by atoms with Gasteiger partial charge in [0.05, 0.1) is 18.4 Å². The molecule has 0 saturated carbocycles. The van der Waals surface area contributed by atoms with Gasteiger partial charge in [-0.2, -0.15) is 0 Å². The Labute approximate surface area is 54.3 Å². The topological polar surface area (TPSA) is 41.8 Å². The van der Waals surface area contributed by atoms with Crippen molar-refractivity contribution < 1.29 is 9.94 Å². The van der Waals surface area contributed by atoms with E-state index in [2.05, 4.69) is 5.16 Å². The van der Waals surface area contributed by atoms with Crippen molar-refractivity contribution in [1.82, 2.24) is 0 Å². The van der Waals surface area contributed by atoms with E-state index in [1.807, 2.05) is 6.92 Å². The quantitative estimate of drug-likeness (QED) is 0.326. The fourth-order valence-corrected chi connectivity index (χ4v) is 1.02. The first-order valence-electron chi connectivity index (χ1n) is 3.16. The highest BCUT2D eigenvalue weighted by Crippen LogP contribution is 2.16. The van der Waals surface area contributed by atoms with Gasteiger partial charge in [-0.15, -0.1) is 0 Å². The molecule has 1 saturated heterocycles. The van der Waals surface area contributed by atoms with Gasteiger partial charge in [-0.25, -0.2) is 0 Å². The van der Waals surface area contributed by atoms with Crippen molar-refractivity contribution in [3.05, 3.63) is 0 Å². The minimum atomic E-state index is 0.0463. The normalized spacial score (nSPS) is 36.1. The number of nitrogens with zero attached hydrogens (tertiary/aromatic N) is 1. The van der Waals surface area contributed by atoms with E-state index < -0.39 is 0 Å². The molecule has 1 aliphatic rings. The summed E-state index contributed by atoms with van der Waals surface area (Å²) in [6, 6.07) is 0. The average Bonchev–Trinajstić information content (AvgIpc) is 2.17. The average molecular weight is 129 g/mol. The van der Waals surface area contributed by atoms with Gasteiger partial charge < -0.3 is 9.94 Å². The number of ether oxygens (including phenoxy) is 1. The molecule has 0 aromatic carbocycles. The van der Waals surface area contributed by atoms with Crippen LogP contribution in [-0.2, 0) is 4.74 Å². The highest BCUT2D eigenvalue weighted by molar-refractivity contribution is 5.62. The predicted octanol–water partition coefficient (Wildman–Crippen LogP) is 1.01. The summed E-state index contributed by atoms with van der Waals surface area (Å²) in [6.07, 6.45) is 3.85. The molecule has 3 nitrogen and oxygen atoms in total. The zero-order valence-electron chi connectivity index (χ0n) is 5.45. The molecule has 0 aromatic heterocycles. The lowest BCUT2D eigenvalue weighted by Crippen LogP contribution is -2.08. The highest BCUT2D eigenvalue weighted by Gasteiger charge is 2.19. The molecule has 0 radical (unpaired) electrons. The van der Waals surface area contributed by atoms with Gasteiger partial charge in [0.25, 0.3) is 0 Å². The third kappa shape index (κ3) is 1.68. The van der Waals surface area contributed by atoms with Crippen molar-refractivity contribution in [3.8, 4) is 0 Å². The summed E-state index contributed by atoms with van der Waals surface area (Å²) in [7, 11) is 0. The third-order valence-corrected chi connectivity index (χ3v) is 1.50. The van der Waals surface area contributed by atoms with E-state index in [1.165, 1.54) is 6.21 Å². The number of hydrogen-bond acceptors (Lipinski definition) is 3. The van der Waals surface area contributed by atoms with Crippen LogP contribution in [0.25, 0.3) is 0 Å². The molecule has 0 amide bonds. The van der Waals surface area contributed by atoms with Crippen molar-refractivity contribution in [2.24, 2.45) is 5.16 Å². The van der Waals surface area contributed by atoms with Crippen LogP contribution < -0.4 is 0 Å². The summed E-state index contributed by atoms with van der Waals surface area (Å²) in [5.74, 6) is 0. The molecular weight excluding hydrogens is 118 g/mol. The number of hydrogen-bond donors (Lipinski definition) is 1. The maximum Gasteiger partial charge on any atom is 0.0963 e. The van der Waals surface area contributed by atoms with E-state index in [0.29, 0.717) is 6.10 Å². The second kappa shape index (κ2) is 2.82. The Morgan fingerprint density at radius 3 is 2.89 bits per heavy atom. The fourth-order valence-electron chi connectivity index (χ4n) is 1.02. The molecule has 0 aliphatic carbocycles. The van der Waals surface area contributed by atoms with Gasteiger partial charge in [0.1, 0.15) is 0 Å². The molecule has 1 heterocycles. The second-order valence-electron chi connectivity index (χ2n) is 2.33. The molecule has 0 bridgehead atoms. The van der Waals surface area contributed by atoms with Crippen LogP contribution in [0.1, 0.15) is 19.8 Å². The van der Waals surface area contributed by atoms with Gasteiger partial charge in [0, 0.05) is 0 Å². The zero-order chi connectivity index (χ0) is 6.69. The molecule has 52 valence electrons. The maximum absolute atomic E-state index is 8.10. The van der Waals surface area contributed by atoms with Crippen molar-refractivity contribution in [2.45, 2.75) is 32.0 Å². The van der Waals surface area contributed by atoms with Crippen molar-refractivity contribution in [3.63, 3.8) is 0 Å². The van der Waals surface area contributed by atoms with E-state index in [4.69, 9.17) is 9.94 Å². The molecular formula is C6H11NO2. The van der Waals surface area contributed by atoms with Gasteiger partial charge in [0.15, 0.2) is 0 Å². The number of oxime groups is 1. The van der Waals surface area contributed by atoms with Gasteiger partial charge >= 0.3 is 0 Å². The zero-order valence-corrected chi connectivity index (χ0v) is 5.45. The Bertz CT molecular complexity index is 114. The molecule has 1 aliphatic heterocycles. The lowest BCUT2D eigenvalue weighted by molar-refractivity contribution is 0.0945. The first-order valence-corrected chi connectivity index (χ1v) is 3.16.